The van der Waals surface area contributed by atoms with Crippen LogP contribution < -0.4 is 0 Å². The Hall–Kier alpha value is -3.14. The first-order valence-electron chi connectivity index (χ1n) is 7.11. The van der Waals surface area contributed by atoms with E-state index in [1.807, 2.05) is 60.7 Å². The van der Waals surface area contributed by atoms with E-state index in [2.05, 4.69) is 0 Å². The fourth-order valence-electron chi connectivity index (χ4n) is 3.48. The molecule has 2 heterocycles. The monoisotopic (exact) mass is 288 g/mol. The lowest BCUT2D eigenvalue weighted by Crippen LogP contribution is -1.89. The molecule has 0 amide bonds. The highest BCUT2D eigenvalue weighted by Crippen LogP contribution is 2.38. The summed E-state index contributed by atoms with van der Waals surface area (Å²) in [7, 11) is 0. The summed E-state index contributed by atoms with van der Waals surface area (Å²) in [5, 5.41) is 24.7. The average Bonchev–Trinajstić information content (AvgIpc) is 3.02. The first-order chi connectivity index (χ1) is 10.8. The van der Waals surface area contributed by atoms with Gasteiger partial charge in [-0.2, -0.15) is 9.46 Å². The van der Waals surface area contributed by atoms with Gasteiger partial charge in [-0.15, -0.1) is 0 Å². The Labute approximate surface area is 124 Å². The maximum Gasteiger partial charge on any atom is 0.0886 e. The molecule has 0 saturated heterocycles. The van der Waals surface area contributed by atoms with Crippen LogP contribution in [-0.2, 0) is 0 Å². The van der Waals surface area contributed by atoms with Crippen LogP contribution in [0.4, 0.5) is 0 Å². The average molecular weight is 288 g/mol. The number of nitrogens with zero attached hydrogens (tertiary/aromatic N) is 2. The van der Waals surface area contributed by atoms with Gasteiger partial charge in [0.1, 0.15) is 0 Å². The second-order valence-electron chi connectivity index (χ2n) is 5.51. The molecule has 0 spiro atoms. The van der Waals surface area contributed by atoms with Crippen LogP contribution in [0.15, 0.2) is 60.7 Å². The smallest absolute Gasteiger partial charge is 0.0886 e. The lowest BCUT2D eigenvalue weighted by atomic mass is 10.1. The second kappa shape index (κ2) is 3.74. The van der Waals surface area contributed by atoms with Crippen LogP contribution >= 0.6 is 0 Å². The number of para-hydroxylation sites is 2. The van der Waals surface area contributed by atoms with E-state index in [1.165, 1.54) is 9.46 Å². The third-order valence-electron chi connectivity index (χ3n) is 4.42. The van der Waals surface area contributed by atoms with E-state index in [4.69, 9.17) is 0 Å². The molecule has 0 radical (unpaired) electrons. The highest BCUT2D eigenvalue weighted by atomic mass is 16.5. The molecule has 0 atom stereocenters. The van der Waals surface area contributed by atoms with Crippen LogP contribution in [0, 0.1) is 0 Å². The fraction of sp³-hybridized carbons (Fsp3) is 0. The minimum Gasteiger partial charge on any atom is -0.428 e. The maximum absolute atomic E-state index is 10.4. The molecule has 0 fully saturated rings. The quantitative estimate of drug-likeness (QED) is 0.415. The van der Waals surface area contributed by atoms with Crippen molar-refractivity contribution in [3.05, 3.63) is 60.7 Å². The van der Waals surface area contributed by atoms with Gasteiger partial charge in [-0.1, -0.05) is 36.4 Å². The predicted octanol–water partition coefficient (Wildman–Crippen LogP) is 4.38. The fourth-order valence-corrected chi connectivity index (χ4v) is 3.48. The summed E-state index contributed by atoms with van der Waals surface area (Å²) < 4.78 is 2.43. The molecule has 0 aliphatic heterocycles. The van der Waals surface area contributed by atoms with Crippen molar-refractivity contribution in [3.8, 4) is 0 Å². The molecule has 0 unspecified atom stereocenters. The number of fused-ring (bicyclic) bond motifs is 7. The molecule has 4 heteroatoms. The van der Waals surface area contributed by atoms with Gasteiger partial charge in [0.25, 0.3) is 0 Å². The number of aromatic nitrogens is 2. The number of rotatable bonds is 0. The van der Waals surface area contributed by atoms with Crippen molar-refractivity contribution in [2.75, 3.05) is 0 Å². The summed E-state index contributed by atoms with van der Waals surface area (Å²) in [5.41, 5.74) is 3.01. The van der Waals surface area contributed by atoms with E-state index in [1.54, 1.807) is 0 Å². The van der Waals surface area contributed by atoms with Gasteiger partial charge in [0, 0.05) is 21.5 Å². The Morgan fingerprint density at radius 1 is 0.500 bits per heavy atom. The SMILES string of the molecule is On1c2ccccc2c2c3c4ccccc4n(O)c3ccc21. The Morgan fingerprint density at radius 2 is 0.909 bits per heavy atom. The zero-order valence-electron chi connectivity index (χ0n) is 11.6. The van der Waals surface area contributed by atoms with Crippen LogP contribution in [0.2, 0.25) is 0 Å². The van der Waals surface area contributed by atoms with Crippen LogP contribution in [0.25, 0.3) is 43.6 Å². The van der Waals surface area contributed by atoms with Crippen molar-refractivity contribution < 1.29 is 10.4 Å². The van der Waals surface area contributed by atoms with E-state index in [0.29, 0.717) is 0 Å². The van der Waals surface area contributed by atoms with E-state index in [-0.39, 0.29) is 0 Å². The van der Waals surface area contributed by atoms with Gasteiger partial charge in [-0.3, -0.25) is 0 Å². The van der Waals surface area contributed by atoms with Gasteiger partial charge in [-0.05, 0) is 24.3 Å². The maximum atomic E-state index is 10.4. The summed E-state index contributed by atoms with van der Waals surface area (Å²) in [6.45, 7) is 0. The summed E-state index contributed by atoms with van der Waals surface area (Å²) in [4.78, 5) is 0. The molecule has 2 N–H and O–H groups in total. The molecular formula is C18H12N2O2. The standard InChI is InChI=1S/C18H12N2O2/c21-19-13-7-3-1-5-11(13)17-15(19)9-10-16-18(17)12-6-2-4-8-14(12)20(16)22/h1-10,21-22H. The lowest BCUT2D eigenvalue weighted by molar-refractivity contribution is 0.211. The Morgan fingerprint density at radius 3 is 1.36 bits per heavy atom. The van der Waals surface area contributed by atoms with Crippen LogP contribution in [0.3, 0.4) is 0 Å². The van der Waals surface area contributed by atoms with E-state index in [0.717, 1.165) is 43.6 Å². The summed E-state index contributed by atoms with van der Waals surface area (Å²) >= 11 is 0. The van der Waals surface area contributed by atoms with Gasteiger partial charge < -0.3 is 10.4 Å². The molecular weight excluding hydrogens is 276 g/mol. The minimum absolute atomic E-state index is 0.741. The zero-order valence-corrected chi connectivity index (χ0v) is 11.6. The summed E-state index contributed by atoms with van der Waals surface area (Å²) in [6.07, 6.45) is 0. The van der Waals surface area contributed by atoms with Crippen molar-refractivity contribution in [3.63, 3.8) is 0 Å². The molecule has 2 aromatic heterocycles. The van der Waals surface area contributed by atoms with Crippen molar-refractivity contribution in [1.82, 2.24) is 9.46 Å². The highest BCUT2D eigenvalue weighted by molar-refractivity contribution is 6.27. The third-order valence-corrected chi connectivity index (χ3v) is 4.42. The summed E-state index contributed by atoms with van der Waals surface area (Å²) in [5.74, 6) is 0. The Kier molecular flexibility index (Phi) is 1.96. The molecule has 3 aromatic carbocycles. The second-order valence-corrected chi connectivity index (χ2v) is 5.51. The normalized spacial score (nSPS) is 12.0. The Bertz CT molecular complexity index is 1100. The molecule has 106 valence electrons. The van der Waals surface area contributed by atoms with Gasteiger partial charge in [0.15, 0.2) is 0 Å². The molecule has 0 saturated carbocycles. The first kappa shape index (κ1) is 11.5. The topological polar surface area (TPSA) is 50.3 Å². The van der Waals surface area contributed by atoms with Crippen LogP contribution in [-0.4, -0.2) is 19.9 Å². The largest absolute Gasteiger partial charge is 0.428 e. The van der Waals surface area contributed by atoms with E-state index >= 15 is 0 Å². The van der Waals surface area contributed by atoms with Crippen molar-refractivity contribution in [2.45, 2.75) is 0 Å². The molecule has 0 aliphatic carbocycles. The minimum atomic E-state index is 0.741. The number of benzene rings is 3. The van der Waals surface area contributed by atoms with Crippen molar-refractivity contribution in [2.24, 2.45) is 0 Å². The molecule has 0 aliphatic rings. The van der Waals surface area contributed by atoms with Crippen molar-refractivity contribution >= 4 is 43.6 Å². The molecule has 5 aromatic rings. The molecule has 0 bridgehead atoms. The third kappa shape index (κ3) is 1.18. The van der Waals surface area contributed by atoms with Crippen LogP contribution in [0.5, 0.6) is 0 Å². The molecule has 5 rings (SSSR count). The van der Waals surface area contributed by atoms with Crippen LogP contribution in [0.1, 0.15) is 0 Å². The highest BCUT2D eigenvalue weighted by Gasteiger charge is 2.17. The zero-order chi connectivity index (χ0) is 14.8. The van der Waals surface area contributed by atoms with Gasteiger partial charge in [0.2, 0.25) is 0 Å². The number of hydrogen-bond acceptors (Lipinski definition) is 2. The predicted molar refractivity (Wildman–Crippen MR) is 86.8 cm³/mol. The summed E-state index contributed by atoms with van der Waals surface area (Å²) in [6, 6.07) is 19.2. The van der Waals surface area contributed by atoms with Gasteiger partial charge >= 0.3 is 0 Å². The van der Waals surface area contributed by atoms with Crippen molar-refractivity contribution in [1.29, 1.82) is 0 Å². The lowest BCUT2D eigenvalue weighted by Gasteiger charge is -1.98. The van der Waals surface area contributed by atoms with Gasteiger partial charge in [0.05, 0.1) is 22.1 Å². The first-order valence-corrected chi connectivity index (χ1v) is 7.11. The Balaban J connectivity index is 2.22. The van der Waals surface area contributed by atoms with E-state index in [9.17, 15) is 10.4 Å². The van der Waals surface area contributed by atoms with Gasteiger partial charge in [-0.25, -0.2) is 0 Å². The number of hydrogen-bond donors (Lipinski definition) is 2. The van der Waals surface area contributed by atoms with E-state index < -0.39 is 0 Å². The molecule has 4 nitrogen and oxygen atoms in total. The molecule has 22 heavy (non-hydrogen) atoms.